The van der Waals surface area contributed by atoms with Gasteiger partial charge in [0.2, 0.25) is 5.91 Å². The van der Waals surface area contributed by atoms with Gasteiger partial charge in [0.25, 0.3) is 0 Å². The molecule has 94 valence electrons. The van der Waals surface area contributed by atoms with Crippen LogP contribution in [-0.4, -0.2) is 23.0 Å². The predicted molar refractivity (Wildman–Crippen MR) is 63.4 cm³/mol. The zero-order chi connectivity index (χ0) is 12.3. The molecule has 1 saturated carbocycles. The summed E-state index contributed by atoms with van der Waals surface area (Å²) >= 11 is 0. The van der Waals surface area contributed by atoms with Crippen LogP contribution in [0.1, 0.15) is 38.5 Å². The minimum atomic E-state index is -0.811. The highest BCUT2D eigenvalue weighted by atomic mass is 16.4. The van der Waals surface area contributed by atoms with Crippen molar-refractivity contribution in [2.45, 2.75) is 44.6 Å². The van der Waals surface area contributed by atoms with Crippen LogP contribution in [0.25, 0.3) is 0 Å². The summed E-state index contributed by atoms with van der Waals surface area (Å²) in [4.78, 5) is 22.5. The summed E-state index contributed by atoms with van der Waals surface area (Å²) in [6.07, 6.45) is 9.35. The van der Waals surface area contributed by atoms with Gasteiger partial charge >= 0.3 is 5.97 Å². The van der Waals surface area contributed by atoms with Gasteiger partial charge in [0.1, 0.15) is 0 Å². The SMILES string of the molecule is O=C(CC1CCCC1)NC1C=CC(C(=O)O)C1. The molecule has 2 aliphatic carbocycles. The summed E-state index contributed by atoms with van der Waals surface area (Å²) in [7, 11) is 0. The molecule has 1 fully saturated rings. The van der Waals surface area contributed by atoms with E-state index in [1.54, 1.807) is 12.2 Å². The third-order valence-electron chi connectivity index (χ3n) is 3.70. The molecule has 2 unspecified atom stereocenters. The van der Waals surface area contributed by atoms with Crippen molar-refractivity contribution < 1.29 is 14.7 Å². The van der Waals surface area contributed by atoms with Crippen molar-refractivity contribution in [3.63, 3.8) is 0 Å². The molecule has 0 aromatic rings. The highest BCUT2D eigenvalue weighted by Gasteiger charge is 2.26. The van der Waals surface area contributed by atoms with Crippen molar-refractivity contribution in [1.29, 1.82) is 0 Å². The number of rotatable bonds is 4. The third kappa shape index (κ3) is 3.32. The van der Waals surface area contributed by atoms with Crippen LogP contribution in [-0.2, 0) is 9.59 Å². The van der Waals surface area contributed by atoms with Crippen molar-refractivity contribution >= 4 is 11.9 Å². The summed E-state index contributed by atoms with van der Waals surface area (Å²) in [6.45, 7) is 0. The van der Waals surface area contributed by atoms with Crippen LogP contribution in [0.3, 0.4) is 0 Å². The minimum absolute atomic E-state index is 0.0672. The van der Waals surface area contributed by atoms with Gasteiger partial charge in [-0.3, -0.25) is 9.59 Å². The molecule has 0 bridgehead atoms. The molecule has 0 saturated heterocycles. The first-order valence-electron chi connectivity index (χ1n) is 6.35. The van der Waals surface area contributed by atoms with Gasteiger partial charge in [-0.1, -0.05) is 25.0 Å². The van der Waals surface area contributed by atoms with Crippen molar-refractivity contribution in [3.05, 3.63) is 12.2 Å². The van der Waals surface area contributed by atoms with Crippen molar-refractivity contribution in [2.24, 2.45) is 11.8 Å². The third-order valence-corrected chi connectivity index (χ3v) is 3.70. The Morgan fingerprint density at radius 3 is 2.53 bits per heavy atom. The predicted octanol–water partition coefficient (Wildman–Crippen LogP) is 1.71. The van der Waals surface area contributed by atoms with Crippen molar-refractivity contribution in [3.8, 4) is 0 Å². The molecule has 2 atom stereocenters. The summed E-state index contributed by atoms with van der Waals surface area (Å²) < 4.78 is 0. The maximum absolute atomic E-state index is 11.7. The van der Waals surface area contributed by atoms with E-state index >= 15 is 0 Å². The van der Waals surface area contributed by atoms with E-state index in [1.165, 1.54) is 12.8 Å². The van der Waals surface area contributed by atoms with Crippen LogP contribution in [0.15, 0.2) is 12.2 Å². The van der Waals surface area contributed by atoms with Crippen LogP contribution in [0.5, 0.6) is 0 Å². The molecule has 0 heterocycles. The summed E-state index contributed by atoms with van der Waals surface area (Å²) in [5, 5.41) is 11.7. The van der Waals surface area contributed by atoms with E-state index in [0.29, 0.717) is 18.8 Å². The summed E-state index contributed by atoms with van der Waals surface area (Å²) in [5.74, 6) is -0.645. The van der Waals surface area contributed by atoms with Crippen LogP contribution in [0, 0.1) is 11.8 Å². The molecule has 1 amide bonds. The summed E-state index contributed by atoms with van der Waals surface area (Å²) in [6, 6.07) is -0.0926. The topological polar surface area (TPSA) is 66.4 Å². The van der Waals surface area contributed by atoms with Gasteiger partial charge in [-0.25, -0.2) is 0 Å². The van der Waals surface area contributed by atoms with E-state index < -0.39 is 11.9 Å². The Bertz CT molecular complexity index is 332. The lowest BCUT2D eigenvalue weighted by Crippen LogP contribution is -2.34. The molecule has 4 nitrogen and oxygen atoms in total. The van der Waals surface area contributed by atoms with Crippen LogP contribution < -0.4 is 5.32 Å². The molecule has 4 heteroatoms. The zero-order valence-corrected chi connectivity index (χ0v) is 9.89. The number of carbonyl (C=O) groups is 2. The molecule has 0 radical (unpaired) electrons. The lowest BCUT2D eigenvalue weighted by atomic mass is 10.0. The van der Waals surface area contributed by atoms with E-state index in [-0.39, 0.29) is 11.9 Å². The summed E-state index contributed by atoms with van der Waals surface area (Å²) in [5.41, 5.74) is 0. The fourth-order valence-corrected chi connectivity index (χ4v) is 2.73. The number of amides is 1. The zero-order valence-electron chi connectivity index (χ0n) is 9.89. The number of hydrogen-bond acceptors (Lipinski definition) is 2. The highest BCUT2D eigenvalue weighted by Crippen LogP contribution is 2.27. The number of aliphatic carboxylic acids is 1. The molecule has 2 rings (SSSR count). The fourth-order valence-electron chi connectivity index (χ4n) is 2.73. The van der Waals surface area contributed by atoms with Crippen LogP contribution in [0.4, 0.5) is 0 Å². The van der Waals surface area contributed by atoms with Crippen molar-refractivity contribution in [2.75, 3.05) is 0 Å². The second kappa shape index (κ2) is 5.34. The lowest BCUT2D eigenvalue weighted by Gasteiger charge is -2.14. The van der Waals surface area contributed by atoms with Gasteiger partial charge < -0.3 is 10.4 Å². The monoisotopic (exact) mass is 237 g/mol. The highest BCUT2D eigenvalue weighted by molar-refractivity contribution is 5.78. The van der Waals surface area contributed by atoms with E-state index in [4.69, 9.17) is 5.11 Å². The van der Waals surface area contributed by atoms with E-state index in [1.807, 2.05) is 0 Å². The first-order chi connectivity index (χ1) is 8.15. The maximum atomic E-state index is 11.7. The molecular weight excluding hydrogens is 218 g/mol. The molecular formula is C13H19NO3. The number of carboxylic acid groups (broad SMARTS) is 1. The van der Waals surface area contributed by atoms with Gasteiger partial charge in [0, 0.05) is 12.5 Å². The average molecular weight is 237 g/mol. The standard InChI is InChI=1S/C13H19NO3/c15-12(7-9-3-1-2-4-9)14-11-6-5-10(8-11)13(16)17/h5-6,9-11H,1-4,7-8H2,(H,14,15)(H,16,17). The lowest BCUT2D eigenvalue weighted by molar-refractivity contribution is -0.140. The van der Waals surface area contributed by atoms with Gasteiger partial charge in [-0.15, -0.1) is 0 Å². The van der Waals surface area contributed by atoms with Crippen LogP contribution in [0.2, 0.25) is 0 Å². The number of nitrogens with one attached hydrogen (secondary N) is 1. The Morgan fingerprint density at radius 2 is 1.94 bits per heavy atom. The second-order valence-corrected chi connectivity index (χ2v) is 5.09. The molecule has 0 aliphatic heterocycles. The van der Waals surface area contributed by atoms with E-state index in [9.17, 15) is 9.59 Å². The van der Waals surface area contributed by atoms with Gasteiger partial charge in [0.05, 0.1) is 5.92 Å². The number of carbonyl (C=O) groups excluding carboxylic acids is 1. The van der Waals surface area contributed by atoms with Gasteiger partial charge in [-0.05, 0) is 25.2 Å². The normalized spacial score (nSPS) is 28.5. The Balaban J connectivity index is 1.72. The number of hydrogen-bond donors (Lipinski definition) is 2. The second-order valence-electron chi connectivity index (χ2n) is 5.09. The minimum Gasteiger partial charge on any atom is -0.481 e. The fraction of sp³-hybridized carbons (Fsp3) is 0.692. The molecule has 2 N–H and O–H groups in total. The smallest absolute Gasteiger partial charge is 0.310 e. The molecule has 0 aromatic carbocycles. The molecule has 2 aliphatic rings. The van der Waals surface area contributed by atoms with Crippen molar-refractivity contribution in [1.82, 2.24) is 5.32 Å². The molecule has 17 heavy (non-hydrogen) atoms. The number of carboxylic acids is 1. The Labute approximate surface area is 101 Å². The average Bonchev–Trinajstić information content (AvgIpc) is 2.88. The van der Waals surface area contributed by atoms with E-state index in [0.717, 1.165) is 12.8 Å². The van der Waals surface area contributed by atoms with E-state index in [2.05, 4.69) is 5.32 Å². The maximum Gasteiger partial charge on any atom is 0.310 e. The van der Waals surface area contributed by atoms with Gasteiger partial charge in [-0.2, -0.15) is 0 Å². The van der Waals surface area contributed by atoms with Crippen LogP contribution >= 0.6 is 0 Å². The largest absolute Gasteiger partial charge is 0.481 e. The Kier molecular flexibility index (Phi) is 3.82. The first-order valence-corrected chi connectivity index (χ1v) is 6.35. The quantitative estimate of drug-likeness (QED) is 0.731. The molecule has 0 aromatic heterocycles. The Morgan fingerprint density at radius 1 is 1.24 bits per heavy atom. The first kappa shape index (κ1) is 12.1. The Hall–Kier alpha value is -1.32. The van der Waals surface area contributed by atoms with Gasteiger partial charge in [0.15, 0.2) is 0 Å². The molecule has 0 spiro atoms.